The highest BCUT2D eigenvalue weighted by atomic mass is 35.5. The van der Waals surface area contributed by atoms with E-state index in [9.17, 15) is 14.7 Å². The molecule has 0 aliphatic rings. The van der Waals surface area contributed by atoms with E-state index in [0.717, 1.165) is 5.56 Å². The summed E-state index contributed by atoms with van der Waals surface area (Å²) in [5, 5.41) is 12.8. The molecule has 0 atom stereocenters. The van der Waals surface area contributed by atoms with Crippen LogP contribution in [0.5, 0.6) is 11.5 Å². The molecule has 0 aliphatic heterocycles. The Morgan fingerprint density at radius 1 is 1.00 bits per heavy atom. The highest BCUT2D eigenvalue weighted by Gasteiger charge is 2.16. The number of rotatable bonds is 9. The first-order valence-electron chi connectivity index (χ1n) is 10.0. The van der Waals surface area contributed by atoms with E-state index in [1.165, 1.54) is 6.08 Å². The third-order valence-electron chi connectivity index (χ3n) is 4.45. The van der Waals surface area contributed by atoms with Gasteiger partial charge in [0.2, 0.25) is 0 Å². The Morgan fingerprint density at radius 3 is 2.33 bits per heavy atom. The summed E-state index contributed by atoms with van der Waals surface area (Å²) in [5.41, 5.74) is 1.34. The van der Waals surface area contributed by atoms with Gasteiger partial charge in [0.1, 0.15) is 12.3 Å². The SMILES string of the molecule is CCOc1cc(/C=C(/NC(=O)c2ccccc2)C(=O)O)cc(Cl)c1OCc1ccc(Cl)cc1. The maximum absolute atomic E-state index is 12.4. The minimum absolute atomic E-state index is 0.236. The normalized spacial score (nSPS) is 11.1. The van der Waals surface area contributed by atoms with Crippen molar-refractivity contribution in [2.45, 2.75) is 13.5 Å². The van der Waals surface area contributed by atoms with Crippen molar-refractivity contribution in [1.82, 2.24) is 5.32 Å². The summed E-state index contributed by atoms with van der Waals surface area (Å²) in [6.45, 7) is 2.39. The van der Waals surface area contributed by atoms with Crippen LogP contribution in [-0.2, 0) is 11.4 Å². The van der Waals surface area contributed by atoms with E-state index < -0.39 is 11.9 Å². The van der Waals surface area contributed by atoms with Gasteiger partial charge in [-0.3, -0.25) is 4.79 Å². The molecular weight excluding hydrogens is 465 g/mol. The second-order valence-electron chi connectivity index (χ2n) is 6.86. The van der Waals surface area contributed by atoms with Crippen molar-refractivity contribution in [2.75, 3.05) is 6.61 Å². The maximum atomic E-state index is 12.4. The van der Waals surface area contributed by atoms with Crippen LogP contribution in [0.3, 0.4) is 0 Å². The molecule has 3 rings (SSSR count). The number of nitrogens with one attached hydrogen (secondary N) is 1. The van der Waals surface area contributed by atoms with E-state index in [0.29, 0.717) is 34.3 Å². The van der Waals surface area contributed by atoms with Crippen molar-refractivity contribution in [3.63, 3.8) is 0 Å². The highest BCUT2D eigenvalue weighted by molar-refractivity contribution is 6.32. The van der Waals surface area contributed by atoms with Crippen LogP contribution in [-0.4, -0.2) is 23.6 Å². The van der Waals surface area contributed by atoms with Gasteiger partial charge in [-0.05, 0) is 60.5 Å². The fraction of sp³-hybridized carbons (Fsp3) is 0.120. The number of halogens is 2. The van der Waals surface area contributed by atoms with Crippen LogP contribution in [0.4, 0.5) is 0 Å². The average molecular weight is 486 g/mol. The van der Waals surface area contributed by atoms with Crippen LogP contribution in [0.2, 0.25) is 10.0 Å². The lowest BCUT2D eigenvalue weighted by Gasteiger charge is -2.15. The molecule has 1 amide bonds. The van der Waals surface area contributed by atoms with Gasteiger partial charge in [0.25, 0.3) is 5.91 Å². The quantitative estimate of drug-likeness (QED) is 0.372. The number of aliphatic carboxylic acids is 1. The summed E-state index contributed by atoms with van der Waals surface area (Å²) in [5.74, 6) is -1.15. The summed E-state index contributed by atoms with van der Waals surface area (Å²) in [6, 6.07) is 18.7. The molecule has 8 heteroatoms. The Labute approximate surface area is 201 Å². The molecule has 0 radical (unpaired) electrons. The number of carbonyl (C=O) groups is 2. The lowest BCUT2D eigenvalue weighted by molar-refractivity contribution is -0.132. The lowest BCUT2D eigenvalue weighted by Crippen LogP contribution is -2.27. The molecule has 33 heavy (non-hydrogen) atoms. The zero-order valence-corrected chi connectivity index (χ0v) is 19.2. The van der Waals surface area contributed by atoms with Gasteiger partial charge in [0, 0.05) is 10.6 Å². The third-order valence-corrected chi connectivity index (χ3v) is 4.99. The Balaban J connectivity index is 1.86. The summed E-state index contributed by atoms with van der Waals surface area (Å²) >= 11 is 12.3. The van der Waals surface area contributed by atoms with Gasteiger partial charge in [-0.25, -0.2) is 4.79 Å². The standard InChI is InChI=1S/C25H21Cl2NO5/c1-2-32-22-14-17(12-20(27)23(22)33-15-16-8-10-19(26)11-9-16)13-21(25(30)31)28-24(29)18-6-4-3-5-7-18/h3-14H,2,15H2,1H3,(H,28,29)(H,30,31)/b21-13+. The lowest BCUT2D eigenvalue weighted by atomic mass is 10.1. The largest absolute Gasteiger partial charge is 0.490 e. The molecule has 0 fully saturated rings. The number of ether oxygens (including phenoxy) is 2. The number of carboxylic acids is 1. The van der Waals surface area contributed by atoms with Crippen molar-refractivity contribution < 1.29 is 24.2 Å². The molecule has 170 valence electrons. The summed E-state index contributed by atoms with van der Waals surface area (Å²) < 4.78 is 11.5. The zero-order chi connectivity index (χ0) is 23.8. The van der Waals surface area contributed by atoms with E-state index in [-0.39, 0.29) is 17.3 Å². The summed E-state index contributed by atoms with van der Waals surface area (Å²) in [7, 11) is 0. The number of amides is 1. The first kappa shape index (κ1) is 24.2. The van der Waals surface area contributed by atoms with Gasteiger partial charge in [-0.1, -0.05) is 53.5 Å². The summed E-state index contributed by atoms with van der Waals surface area (Å²) in [6.07, 6.45) is 1.31. The highest BCUT2D eigenvalue weighted by Crippen LogP contribution is 2.38. The smallest absolute Gasteiger partial charge is 0.352 e. The van der Waals surface area contributed by atoms with Crippen LogP contribution >= 0.6 is 23.2 Å². The molecule has 0 saturated heterocycles. The average Bonchev–Trinajstić information content (AvgIpc) is 2.80. The van der Waals surface area contributed by atoms with Gasteiger partial charge >= 0.3 is 5.97 Å². The molecule has 0 aromatic heterocycles. The van der Waals surface area contributed by atoms with Crippen molar-refractivity contribution in [3.05, 3.63) is 99.2 Å². The molecule has 0 saturated carbocycles. The van der Waals surface area contributed by atoms with Gasteiger partial charge in [-0.15, -0.1) is 0 Å². The van der Waals surface area contributed by atoms with Crippen LogP contribution in [0, 0.1) is 0 Å². The van der Waals surface area contributed by atoms with Crippen LogP contribution in [0.15, 0.2) is 72.4 Å². The second-order valence-corrected chi connectivity index (χ2v) is 7.71. The Morgan fingerprint density at radius 2 is 1.70 bits per heavy atom. The topological polar surface area (TPSA) is 84.9 Å². The summed E-state index contributed by atoms with van der Waals surface area (Å²) in [4.78, 5) is 24.1. The first-order chi connectivity index (χ1) is 15.9. The minimum atomic E-state index is -1.29. The molecular formula is C25H21Cl2NO5. The van der Waals surface area contributed by atoms with Crippen molar-refractivity contribution in [1.29, 1.82) is 0 Å². The van der Waals surface area contributed by atoms with Crippen molar-refractivity contribution in [3.8, 4) is 11.5 Å². The third kappa shape index (κ3) is 6.75. The second kappa shape index (κ2) is 11.4. The molecule has 0 heterocycles. The number of benzene rings is 3. The van der Waals surface area contributed by atoms with Gasteiger partial charge < -0.3 is 19.9 Å². The molecule has 3 aromatic rings. The minimum Gasteiger partial charge on any atom is -0.490 e. The monoisotopic (exact) mass is 485 g/mol. The van der Waals surface area contributed by atoms with E-state index in [2.05, 4.69) is 5.32 Å². The molecule has 3 aromatic carbocycles. The Kier molecular flexibility index (Phi) is 8.35. The Bertz CT molecular complexity index is 1160. The van der Waals surface area contributed by atoms with Crippen LogP contribution in [0.1, 0.15) is 28.4 Å². The molecule has 2 N–H and O–H groups in total. The molecule has 0 spiro atoms. The van der Waals surface area contributed by atoms with Crippen molar-refractivity contribution in [2.24, 2.45) is 0 Å². The molecule has 0 unspecified atom stereocenters. The van der Waals surface area contributed by atoms with Gasteiger partial charge in [-0.2, -0.15) is 0 Å². The van der Waals surface area contributed by atoms with E-state index >= 15 is 0 Å². The predicted octanol–water partition coefficient (Wildman–Crippen LogP) is 5.83. The number of carboxylic acid groups (broad SMARTS) is 1. The van der Waals surface area contributed by atoms with Crippen molar-refractivity contribution >= 4 is 41.2 Å². The van der Waals surface area contributed by atoms with Crippen LogP contribution in [0.25, 0.3) is 6.08 Å². The van der Waals surface area contributed by atoms with Gasteiger partial charge in [0.05, 0.1) is 11.6 Å². The fourth-order valence-corrected chi connectivity index (χ4v) is 3.31. The first-order valence-corrected chi connectivity index (χ1v) is 10.8. The number of hydrogen-bond acceptors (Lipinski definition) is 4. The number of carbonyl (C=O) groups excluding carboxylic acids is 1. The van der Waals surface area contributed by atoms with E-state index in [1.54, 1.807) is 54.6 Å². The zero-order valence-electron chi connectivity index (χ0n) is 17.7. The molecule has 0 bridgehead atoms. The number of hydrogen-bond donors (Lipinski definition) is 2. The van der Waals surface area contributed by atoms with E-state index in [1.807, 2.05) is 19.1 Å². The maximum Gasteiger partial charge on any atom is 0.352 e. The molecule has 0 aliphatic carbocycles. The Hall–Kier alpha value is -3.48. The fourth-order valence-electron chi connectivity index (χ4n) is 2.91. The van der Waals surface area contributed by atoms with E-state index in [4.69, 9.17) is 32.7 Å². The molecule has 6 nitrogen and oxygen atoms in total. The predicted molar refractivity (Wildman–Crippen MR) is 128 cm³/mol. The van der Waals surface area contributed by atoms with Gasteiger partial charge in [0.15, 0.2) is 11.5 Å². The van der Waals surface area contributed by atoms with Crippen LogP contribution < -0.4 is 14.8 Å².